The Morgan fingerprint density at radius 1 is 1.06 bits per heavy atom. The number of nitrogens with one attached hydrogen (secondary N) is 1. The van der Waals surface area contributed by atoms with Crippen molar-refractivity contribution >= 4 is 46.7 Å². The minimum Gasteiger partial charge on any atom is -0.323 e. The van der Waals surface area contributed by atoms with Crippen LogP contribution in [-0.4, -0.2) is 51.3 Å². The molecule has 0 aliphatic carbocycles. The Kier molecular flexibility index (Phi) is 6.74. The van der Waals surface area contributed by atoms with Gasteiger partial charge < -0.3 is 10.2 Å². The zero-order chi connectivity index (χ0) is 23.6. The number of hydrogen-bond acceptors (Lipinski definition) is 5. The van der Waals surface area contributed by atoms with Gasteiger partial charge in [-0.25, -0.2) is 9.69 Å². The molecule has 1 fully saturated rings. The molecule has 0 aromatic heterocycles. The highest BCUT2D eigenvalue weighted by atomic mass is 35.5. The van der Waals surface area contributed by atoms with E-state index in [1.165, 1.54) is 30.0 Å². The largest absolute Gasteiger partial charge is 0.328 e. The maximum atomic E-state index is 13.1. The molecular weight excluding hydrogens is 434 g/mol. The normalized spacial score (nSPS) is 16.8. The molecular formula is C23H22ClN3O5. The van der Waals surface area contributed by atoms with E-state index >= 15 is 0 Å². The highest BCUT2D eigenvalue weighted by Gasteiger charge is 2.49. The number of imide groups is 1. The average molecular weight is 456 g/mol. The first kappa shape index (κ1) is 23.1. The lowest BCUT2D eigenvalue weighted by atomic mass is 10.1. The number of carbonyl (C=O) groups excluding carboxylic acids is 5. The molecule has 4 amide bonds. The average Bonchev–Trinajstić information content (AvgIpc) is 2.94. The molecule has 1 heterocycles. The van der Waals surface area contributed by atoms with Crippen LogP contribution in [0.4, 0.5) is 10.5 Å². The summed E-state index contributed by atoms with van der Waals surface area (Å²) < 4.78 is 0. The fourth-order valence-electron chi connectivity index (χ4n) is 3.48. The van der Waals surface area contributed by atoms with Gasteiger partial charge in [-0.05, 0) is 44.5 Å². The summed E-state index contributed by atoms with van der Waals surface area (Å²) >= 11 is 6.12. The quantitative estimate of drug-likeness (QED) is 0.392. The van der Waals surface area contributed by atoms with E-state index < -0.39 is 35.7 Å². The van der Waals surface area contributed by atoms with Crippen LogP contribution in [0.3, 0.4) is 0 Å². The maximum Gasteiger partial charge on any atom is 0.328 e. The molecule has 0 saturated carbocycles. The minimum atomic E-state index is -1.67. The molecule has 1 N–H and O–H groups in total. The van der Waals surface area contributed by atoms with Crippen molar-refractivity contribution in [1.82, 2.24) is 9.80 Å². The zero-order valence-electron chi connectivity index (χ0n) is 17.8. The van der Waals surface area contributed by atoms with Crippen molar-refractivity contribution in [1.29, 1.82) is 0 Å². The fraction of sp³-hybridized carbons (Fsp3) is 0.261. The lowest BCUT2D eigenvalue weighted by Gasteiger charge is -2.24. The van der Waals surface area contributed by atoms with Gasteiger partial charge in [0.1, 0.15) is 6.04 Å². The van der Waals surface area contributed by atoms with Gasteiger partial charge in [-0.15, -0.1) is 0 Å². The molecule has 1 saturated heterocycles. The van der Waals surface area contributed by atoms with Gasteiger partial charge in [-0.3, -0.25) is 19.2 Å². The molecule has 2 unspecified atom stereocenters. The summed E-state index contributed by atoms with van der Waals surface area (Å²) in [7, 11) is 0. The first-order valence-electron chi connectivity index (χ1n) is 9.91. The Bertz CT molecular complexity index is 1100. The molecule has 0 radical (unpaired) electrons. The molecule has 8 nitrogen and oxygen atoms in total. The van der Waals surface area contributed by atoms with Crippen LogP contribution in [-0.2, 0) is 20.9 Å². The number of rotatable bonds is 7. The smallest absolute Gasteiger partial charge is 0.323 e. The van der Waals surface area contributed by atoms with Crippen molar-refractivity contribution in [3.63, 3.8) is 0 Å². The number of ketones is 2. The predicted octanol–water partition coefficient (Wildman–Crippen LogP) is 3.29. The molecule has 0 bridgehead atoms. The topological polar surface area (TPSA) is 104 Å². The number of amides is 4. The van der Waals surface area contributed by atoms with Crippen molar-refractivity contribution in [2.75, 3.05) is 5.32 Å². The molecule has 1 aliphatic rings. The minimum absolute atomic E-state index is 0.101. The van der Waals surface area contributed by atoms with Crippen LogP contribution < -0.4 is 5.32 Å². The molecule has 9 heteroatoms. The molecule has 1 aliphatic heterocycles. The van der Waals surface area contributed by atoms with Gasteiger partial charge in [0.25, 0.3) is 11.8 Å². The molecule has 2 aromatic rings. The summed E-state index contributed by atoms with van der Waals surface area (Å²) in [5, 5.41) is 2.62. The van der Waals surface area contributed by atoms with Crippen molar-refractivity contribution in [3.05, 3.63) is 64.7 Å². The van der Waals surface area contributed by atoms with E-state index in [9.17, 15) is 24.0 Å². The number of anilines is 1. The Hall–Kier alpha value is -3.52. The number of halogens is 1. The van der Waals surface area contributed by atoms with Gasteiger partial charge in [0.15, 0.2) is 17.6 Å². The third kappa shape index (κ3) is 4.55. The highest BCUT2D eigenvalue weighted by Crippen LogP contribution is 2.26. The first-order chi connectivity index (χ1) is 15.1. The van der Waals surface area contributed by atoms with E-state index in [0.717, 1.165) is 12.5 Å². The maximum absolute atomic E-state index is 13.1. The van der Waals surface area contributed by atoms with Crippen LogP contribution in [0, 0.1) is 0 Å². The number of hydrogen-bond donors (Lipinski definition) is 1. The lowest BCUT2D eigenvalue weighted by molar-refractivity contribution is -0.139. The van der Waals surface area contributed by atoms with Crippen molar-refractivity contribution < 1.29 is 24.0 Å². The van der Waals surface area contributed by atoms with E-state index in [2.05, 4.69) is 5.32 Å². The van der Waals surface area contributed by atoms with Gasteiger partial charge in [-0.2, -0.15) is 0 Å². The number of carbonyl (C=O) groups is 5. The van der Waals surface area contributed by atoms with Crippen molar-refractivity contribution in [3.8, 4) is 0 Å². The molecule has 0 spiro atoms. The fourth-order valence-corrected chi connectivity index (χ4v) is 3.64. The number of urea groups is 1. The van der Waals surface area contributed by atoms with E-state index in [-0.39, 0.29) is 23.0 Å². The van der Waals surface area contributed by atoms with Gasteiger partial charge in [-0.1, -0.05) is 41.9 Å². The third-order valence-electron chi connectivity index (χ3n) is 5.23. The zero-order valence-corrected chi connectivity index (χ0v) is 18.6. The summed E-state index contributed by atoms with van der Waals surface area (Å²) in [4.78, 5) is 65.0. The van der Waals surface area contributed by atoms with Crippen LogP contribution in [0.25, 0.3) is 0 Å². The third-order valence-corrected chi connectivity index (χ3v) is 5.56. The van der Waals surface area contributed by atoms with Crippen LogP contribution in [0.1, 0.15) is 36.7 Å². The molecule has 3 rings (SSSR count). The van der Waals surface area contributed by atoms with E-state index in [1.807, 2.05) is 30.3 Å². The Morgan fingerprint density at radius 3 is 2.31 bits per heavy atom. The van der Waals surface area contributed by atoms with E-state index in [0.29, 0.717) is 10.5 Å². The summed E-state index contributed by atoms with van der Waals surface area (Å²) in [5.41, 5.74) is 1.21. The molecule has 32 heavy (non-hydrogen) atoms. The second kappa shape index (κ2) is 9.32. The Morgan fingerprint density at radius 2 is 1.72 bits per heavy atom. The monoisotopic (exact) mass is 455 g/mol. The summed E-state index contributed by atoms with van der Waals surface area (Å²) in [6, 6.07) is 10.1. The van der Waals surface area contributed by atoms with Crippen LogP contribution in [0.5, 0.6) is 0 Å². The lowest BCUT2D eigenvalue weighted by Crippen LogP contribution is -2.51. The molecule has 2 atom stereocenters. The summed E-state index contributed by atoms with van der Waals surface area (Å²) in [6.07, 6.45) is 0. The van der Waals surface area contributed by atoms with Gasteiger partial charge in [0.2, 0.25) is 0 Å². The van der Waals surface area contributed by atoms with Crippen LogP contribution in [0.2, 0.25) is 5.02 Å². The summed E-state index contributed by atoms with van der Waals surface area (Å²) in [5.74, 6) is -2.47. The Balaban J connectivity index is 1.88. The Labute approximate surface area is 190 Å². The number of benzene rings is 2. The first-order valence-corrected chi connectivity index (χ1v) is 10.3. The standard InChI is InChI=1S/C23H22ClN3O5/c1-13-22(31)27(23(32)26(13)12-16-7-5-4-6-8-16)20(15(3)29)21(30)25-19-11-17(14(2)28)9-10-18(19)24/h4-11,13,20H,12H2,1-3H3,(H,25,30). The van der Waals surface area contributed by atoms with Gasteiger partial charge >= 0.3 is 6.03 Å². The second-order valence-electron chi connectivity index (χ2n) is 7.53. The predicted molar refractivity (Wildman–Crippen MR) is 118 cm³/mol. The van der Waals surface area contributed by atoms with Crippen LogP contribution in [0.15, 0.2) is 48.5 Å². The summed E-state index contributed by atoms with van der Waals surface area (Å²) in [6.45, 7) is 4.19. The van der Waals surface area contributed by atoms with E-state index in [1.54, 1.807) is 6.92 Å². The van der Waals surface area contributed by atoms with Gasteiger partial charge in [0.05, 0.1) is 10.7 Å². The SMILES string of the molecule is CC(=O)c1ccc(Cl)c(NC(=O)C(C(C)=O)N2C(=O)C(C)N(Cc3ccccc3)C2=O)c1. The van der Waals surface area contributed by atoms with Crippen LogP contribution >= 0.6 is 11.6 Å². The highest BCUT2D eigenvalue weighted by molar-refractivity contribution is 6.34. The number of Topliss-reactive ketones (excluding diaryl/α,β-unsaturated/α-hetero) is 2. The molecule has 2 aromatic carbocycles. The molecule has 166 valence electrons. The van der Waals surface area contributed by atoms with Gasteiger partial charge in [0, 0.05) is 12.1 Å². The second-order valence-corrected chi connectivity index (χ2v) is 7.94. The number of nitrogens with zero attached hydrogens (tertiary/aromatic N) is 2. The van der Waals surface area contributed by atoms with E-state index in [4.69, 9.17) is 11.6 Å². The van der Waals surface area contributed by atoms with Crippen molar-refractivity contribution in [2.24, 2.45) is 0 Å². The van der Waals surface area contributed by atoms with Crippen molar-refractivity contribution in [2.45, 2.75) is 39.4 Å².